The number of fused-ring (bicyclic) bond motifs is 2. The Morgan fingerprint density at radius 1 is 0.909 bits per heavy atom. The van der Waals surface area contributed by atoms with Crippen LogP contribution in [0.3, 0.4) is 0 Å². The second-order valence-corrected chi connectivity index (χ2v) is 10.1. The first-order valence-electron chi connectivity index (χ1n) is 11.6. The van der Waals surface area contributed by atoms with Crippen LogP contribution >= 0.6 is 23.1 Å². The first-order valence-corrected chi connectivity index (χ1v) is 13.2. The van der Waals surface area contributed by atoms with Gasteiger partial charge in [-0.25, -0.2) is 0 Å². The molecule has 0 bridgehead atoms. The summed E-state index contributed by atoms with van der Waals surface area (Å²) in [5.41, 5.74) is 2.64. The average Bonchev–Trinajstić information content (AvgIpc) is 3.37. The number of nitrogens with zero attached hydrogens (tertiary/aromatic N) is 2. The maximum absolute atomic E-state index is 3.26. The molecule has 0 spiro atoms. The topological polar surface area (TPSA) is 31.2 Å². The molecule has 0 unspecified atom stereocenters. The molecule has 2 heterocycles. The van der Waals surface area contributed by atoms with Crippen molar-refractivity contribution < 1.29 is 4.57 Å². The van der Waals surface area contributed by atoms with Gasteiger partial charge >= 0.3 is 0 Å². The third kappa shape index (κ3) is 5.95. The van der Waals surface area contributed by atoms with E-state index in [4.69, 9.17) is 0 Å². The monoisotopic (exact) mass is 477 g/mol. The van der Waals surface area contributed by atoms with Crippen LogP contribution in [0.4, 0.5) is 5.69 Å². The van der Waals surface area contributed by atoms with Crippen LogP contribution in [0.5, 0.6) is 0 Å². The van der Waals surface area contributed by atoms with Crippen molar-refractivity contribution in [2.24, 2.45) is 0 Å². The van der Waals surface area contributed by atoms with E-state index in [1.54, 1.807) is 0 Å². The number of allylic oxidation sites excluding steroid dienone is 4. The number of anilines is 1. The molecule has 2 aromatic carbocycles. The van der Waals surface area contributed by atoms with Crippen LogP contribution in [0, 0.1) is 0 Å². The van der Waals surface area contributed by atoms with E-state index in [0.717, 1.165) is 39.0 Å². The summed E-state index contributed by atoms with van der Waals surface area (Å²) in [6, 6.07) is 17.4. The van der Waals surface area contributed by atoms with E-state index in [0.29, 0.717) is 0 Å². The highest BCUT2D eigenvalue weighted by molar-refractivity contribution is 8.03. The second kappa shape index (κ2) is 12.2. The zero-order chi connectivity index (χ0) is 22.9. The molecular formula is C27H33N4S2+. The van der Waals surface area contributed by atoms with Gasteiger partial charge in [0.2, 0.25) is 5.52 Å². The SMILES string of the molecule is CNCCCN1/C(=C/C=C/C=C/c2sc3ccccc3[n+]2CCCNC)Sc2ccccc21. The summed E-state index contributed by atoms with van der Waals surface area (Å²) in [4.78, 5) is 3.78. The van der Waals surface area contributed by atoms with Crippen molar-refractivity contribution in [3.05, 3.63) is 82.9 Å². The minimum Gasteiger partial charge on any atom is -0.335 e. The van der Waals surface area contributed by atoms with Gasteiger partial charge in [-0.3, -0.25) is 0 Å². The van der Waals surface area contributed by atoms with Gasteiger partial charge in [-0.1, -0.05) is 65.6 Å². The van der Waals surface area contributed by atoms with Crippen molar-refractivity contribution in [3.8, 4) is 0 Å². The number of hydrogen-bond donors (Lipinski definition) is 2. The van der Waals surface area contributed by atoms with Crippen LogP contribution in [0.25, 0.3) is 16.3 Å². The van der Waals surface area contributed by atoms with Crippen LogP contribution < -0.4 is 20.1 Å². The minimum absolute atomic E-state index is 1.02. The van der Waals surface area contributed by atoms with Crippen LogP contribution in [0.1, 0.15) is 17.8 Å². The Hall–Kier alpha value is -2.38. The molecule has 172 valence electrons. The summed E-state index contributed by atoms with van der Waals surface area (Å²) in [5, 5.41) is 9.10. The summed E-state index contributed by atoms with van der Waals surface area (Å²) >= 11 is 3.71. The van der Waals surface area contributed by atoms with Crippen molar-refractivity contribution in [2.45, 2.75) is 24.3 Å². The number of aryl methyl sites for hydroxylation is 1. The minimum atomic E-state index is 1.02. The highest BCUT2D eigenvalue weighted by atomic mass is 32.2. The zero-order valence-electron chi connectivity index (χ0n) is 19.5. The smallest absolute Gasteiger partial charge is 0.262 e. The largest absolute Gasteiger partial charge is 0.335 e. The standard InChI is InChI=1S/C27H33N4S2/c1-28-18-10-20-30-22-12-6-8-14-24(22)32-26(30)16-4-3-5-17-27-31(21-11-19-29-2)23-13-7-9-15-25(23)33-27/h3-9,12-17,28-29H,10-11,18-21H2,1-2H3/q+1. The predicted molar refractivity (Wildman–Crippen MR) is 145 cm³/mol. The Morgan fingerprint density at radius 2 is 1.70 bits per heavy atom. The molecule has 4 nitrogen and oxygen atoms in total. The van der Waals surface area contributed by atoms with Gasteiger partial charge < -0.3 is 15.5 Å². The fraction of sp³-hybridized carbons (Fsp3) is 0.296. The van der Waals surface area contributed by atoms with Crippen molar-refractivity contribution in [1.82, 2.24) is 10.6 Å². The Bertz CT molecular complexity index is 1150. The summed E-state index contributed by atoms with van der Waals surface area (Å²) in [6.07, 6.45) is 13.2. The third-order valence-electron chi connectivity index (χ3n) is 5.59. The number of benzene rings is 2. The number of para-hydroxylation sites is 2. The molecule has 4 rings (SSSR count). The molecule has 0 fully saturated rings. The average molecular weight is 478 g/mol. The lowest BCUT2D eigenvalue weighted by atomic mass is 10.2. The summed E-state index contributed by atoms with van der Waals surface area (Å²) in [7, 11) is 4.03. The Kier molecular flexibility index (Phi) is 8.78. The maximum atomic E-state index is 3.26. The molecular weight excluding hydrogens is 444 g/mol. The molecule has 0 saturated heterocycles. The van der Waals surface area contributed by atoms with Crippen LogP contribution in [-0.4, -0.2) is 33.7 Å². The van der Waals surface area contributed by atoms with Crippen LogP contribution in [0.2, 0.25) is 0 Å². The lowest BCUT2D eigenvalue weighted by Gasteiger charge is -2.20. The molecule has 0 aliphatic carbocycles. The van der Waals surface area contributed by atoms with Gasteiger partial charge in [-0.15, -0.1) is 0 Å². The summed E-state index contributed by atoms with van der Waals surface area (Å²) < 4.78 is 3.78. The first-order chi connectivity index (χ1) is 16.3. The van der Waals surface area contributed by atoms with Crippen molar-refractivity contribution >= 4 is 45.1 Å². The molecule has 2 N–H and O–H groups in total. The van der Waals surface area contributed by atoms with E-state index in [-0.39, 0.29) is 0 Å². The fourth-order valence-electron chi connectivity index (χ4n) is 3.98. The van der Waals surface area contributed by atoms with Crippen molar-refractivity contribution in [1.29, 1.82) is 0 Å². The van der Waals surface area contributed by atoms with Gasteiger partial charge in [0.05, 0.1) is 10.7 Å². The normalized spacial score (nSPS) is 15.0. The zero-order valence-corrected chi connectivity index (χ0v) is 21.1. The van der Waals surface area contributed by atoms with Gasteiger partial charge in [-0.05, 0) is 51.3 Å². The van der Waals surface area contributed by atoms with E-state index < -0.39 is 0 Å². The van der Waals surface area contributed by atoms with E-state index in [9.17, 15) is 0 Å². The number of nitrogens with one attached hydrogen (secondary N) is 2. The molecule has 1 aromatic heterocycles. The number of aromatic nitrogens is 1. The molecule has 0 radical (unpaired) electrons. The van der Waals surface area contributed by atoms with Gasteiger partial charge in [0.15, 0.2) is 6.54 Å². The first kappa shape index (κ1) is 23.8. The molecule has 0 saturated carbocycles. The molecule has 3 aromatic rings. The molecule has 6 heteroatoms. The van der Waals surface area contributed by atoms with E-state index in [1.165, 1.54) is 30.8 Å². The van der Waals surface area contributed by atoms with Gasteiger partial charge in [0.25, 0.3) is 5.01 Å². The molecule has 0 atom stereocenters. The van der Waals surface area contributed by atoms with Crippen molar-refractivity contribution in [2.75, 3.05) is 38.6 Å². The second-order valence-electron chi connectivity index (χ2n) is 7.94. The van der Waals surface area contributed by atoms with Gasteiger partial charge in [0, 0.05) is 36.5 Å². The predicted octanol–water partition coefficient (Wildman–Crippen LogP) is 5.43. The number of thioether (sulfide) groups is 1. The van der Waals surface area contributed by atoms with E-state index >= 15 is 0 Å². The highest BCUT2D eigenvalue weighted by Gasteiger charge is 2.23. The number of thiazole rings is 1. The Balaban J connectivity index is 1.48. The molecule has 1 aliphatic rings. The molecule has 1 aliphatic heterocycles. The summed E-state index contributed by atoms with van der Waals surface area (Å²) in [5.74, 6) is 0. The molecule has 0 amide bonds. The molecule has 33 heavy (non-hydrogen) atoms. The van der Waals surface area contributed by atoms with Gasteiger partial charge in [0.1, 0.15) is 4.70 Å². The lowest BCUT2D eigenvalue weighted by Crippen LogP contribution is -2.36. The lowest BCUT2D eigenvalue weighted by molar-refractivity contribution is -0.669. The highest BCUT2D eigenvalue weighted by Crippen LogP contribution is 2.45. The van der Waals surface area contributed by atoms with Crippen LogP contribution in [-0.2, 0) is 6.54 Å². The maximum Gasteiger partial charge on any atom is 0.262 e. The van der Waals surface area contributed by atoms with Crippen LogP contribution in [0.15, 0.2) is 82.8 Å². The van der Waals surface area contributed by atoms with E-state index in [2.05, 4.69) is 99.0 Å². The quantitative estimate of drug-likeness (QED) is 0.219. The Labute approximate surface area is 205 Å². The van der Waals surface area contributed by atoms with Crippen molar-refractivity contribution in [3.63, 3.8) is 0 Å². The third-order valence-corrected chi connectivity index (χ3v) is 7.85. The fourth-order valence-corrected chi connectivity index (χ4v) is 6.19. The Morgan fingerprint density at radius 3 is 2.58 bits per heavy atom. The number of hydrogen-bond acceptors (Lipinski definition) is 5. The van der Waals surface area contributed by atoms with Gasteiger partial charge in [-0.2, -0.15) is 4.57 Å². The summed E-state index contributed by atoms with van der Waals surface area (Å²) in [6.45, 7) is 4.10. The number of rotatable bonds is 11. The van der Waals surface area contributed by atoms with E-state index in [1.807, 2.05) is 37.2 Å².